The molecule has 0 fully saturated rings. The zero-order valence-electron chi connectivity index (χ0n) is 13.5. The molecule has 25 heavy (non-hydrogen) atoms. The van der Waals surface area contributed by atoms with Crippen molar-refractivity contribution in [3.63, 3.8) is 0 Å². The minimum atomic E-state index is -0.733. The molecular weight excluding hydrogens is 363 g/mol. The molecule has 0 unspecified atom stereocenters. The van der Waals surface area contributed by atoms with E-state index in [1.807, 2.05) is 6.92 Å². The van der Waals surface area contributed by atoms with Crippen LogP contribution in [0.1, 0.15) is 35.0 Å². The summed E-state index contributed by atoms with van der Waals surface area (Å²) >= 11 is 7.37. The molecule has 2 N–H and O–H groups in total. The lowest BCUT2D eigenvalue weighted by Gasteiger charge is -2.30. The molecule has 130 valence electrons. The van der Waals surface area contributed by atoms with Gasteiger partial charge in [-0.15, -0.1) is 0 Å². The summed E-state index contributed by atoms with van der Waals surface area (Å²) in [7, 11) is 0. The van der Waals surface area contributed by atoms with Crippen LogP contribution in [0.2, 0.25) is 5.15 Å². The third kappa shape index (κ3) is 3.82. The number of thioether (sulfide) groups is 1. The number of ketones is 1. The number of aliphatic imine (C=N–C) groups is 1. The lowest BCUT2D eigenvalue weighted by atomic mass is 9.87. The van der Waals surface area contributed by atoms with Crippen molar-refractivity contribution in [1.82, 2.24) is 9.97 Å². The molecule has 2 aromatic rings. The minimum Gasteiger partial charge on any atom is -0.379 e. The fourth-order valence-corrected chi connectivity index (χ4v) is 3.94. The number of benzene rings is 1. The van der Waals surface area contributed by atoms with Gasteiger partial charge in [-0.2, -0.15) is 0 Å². The van der Waals surface area contributed by atoms with E-state index in [4.69, 9.17) is 17.3 Å². The molecule has 1 aliphatic heterocycles. The van der Waals surface area contributed by atoms with Crippen molar-refractivity contribution < 1.29 is 9.18 Å². The molecule has 0 amide bonds. The van der Waals surface area contributed by atoms with Crippen LogP contribution in [0.3, 0.4) is 0 Å². The van der Waals surface area contributed by atoms with Gasteiger partial charge in [-0.25, -0.2) is 14.4 Å². The molecule has 1 aromatic carbocycles. The number of aromatic nitrogens is 2. The van der Waals surface area contributed by atoms with E-state index in [-0.39, 0.29) is 28.9 Å². The summed E-state index contributed by atoms with van der Waals surface area (Å²) < 4.78 is 14.4. The maximum absolute atomic E-state index is 14.4. The molecular formula is C17H16ClFN4OS. The monoisotopic (exact) mass is 378 g/mol. The highest BCUT2D eigenvalue weighted by Crippen LogP contribution is 2.36. The Hall–Kier alpha value is -1.99. The maximum Gasteiger partial charge on any atom is 0.188 e. The summed E-state index contributed by atoms with van der Waals surface area (Å²) in [6.07, 6.45) is 3.55. The minimum absolute atomic E-state index is 0.0513. The number of hydrogen-bond donors (Lipinski definition) is 1. The molecule has 0 aliphatic carbocycles. The Labute approximate surface area is 153 Å². The van der Waals surface area contributed by atoms with Crippen molar-refractivity contribution in [3.8, 4) is 0 Å². The zero-order chi connectivity index (χ0) is 18.0. The molecule has 1 atom stereocenters. The van der Waals surface area contributed by atoms with Crippen molar-refractivity contribution in [2.75, 3.05) is 5.75 Å². The SMILES string of the molecule is C[C@@]1(c2cc(CC(=O)c3nccnc3Cl)ccc2F)CCSC(N)=N1. The topological polar surface area (TPSA) is 81.2 Å². The molecule has 0 saturated carbocycles. The second kappa shape index (κ2) is 7.09. The Morgan fingerprint density at radius 1 is 1.40 bits per heavy atom. The highest BCUT2D eigenvalue weighted by atomic mass is 35.5. The van der Waals surface area contributed by atoms with Gasteiger partial charge in [0.2, 0.25) is 0 Å². The van der Waals surface area contributed by atoms with Crippen LogP contribution in [0.25, 0.3) is 0 Å². The van der Waals surface area contributed by atoms with Crippen molar-refractivity contribution >= 4 is 34.3 Å². The van der Waals surface area contributed by atoms with Crippen LogP contribution >= 0.6 is 23.4 Å². The molecule has 8 heteroatoms. The molecule has 1 aromatic heterocycles. The first-order chi connectivity index (χ1) is 11.9. The van der Waals surface area contributed by atoms with Crippen LogP contribution in [-0.2, 0) is 12.0 Å². The van der Waals surface area contributed by atoms with Gasteiger partial charge in [0, 0.05) is 30.1 Å². The third-order valence-corrected chi connectivity index (χ3v) is 5.16. The van der Waals surface area contributed by atoms with Crippen LogP contribution in [0.4, 0.5) is 4.39 Å². The Morgan fingerprint density at radius 2 is 2.16 bits per heavy atom. The first-order valence-electron chi connectivity index (χ1n) is 7.66. The number of Topliss-reactive ketones (excluding diaryl/α,β-unsaturated/α-hetero) is 1. The van der Waals surface area contributed by atoms with Gasteiger partial charge in [0.15, 0.2) is 16.1 Å². The summed E-state index contributed by atoms with van der Waals surface area (Å²) in [5.41, 5.74) is 6.29. The normalized spacial score (nSPS) is 20.2. The lowest BCUT2D eigenvalue weighted by Crippen LogP contribution is -2.29. The largest absolute Gasteiger partial charge is 0.379 e. The molecule has 0 saturated heterocycles. The quantitative estimate of drug-likeness (QED) is 0.825. The van der Waals surface area contributed by atoms with E-state index >= 15 is 0 Å². The lowest BCUT2D eigenvalue weighted by molar-refractivity contribution is 0.0988. The average molecular weight is 379 g/mol. The van der Waals surface area contributed by atoms with E-state index in [1.165, 1.54) is 30.2 Å². The average Bonchev–Trinajstić information content (AvgIpc) is 2.56. The standard InChI is InChI=1S/C17H16ClFN4OS/c1-17(4-7-25-16(20)23-17)11-8-10(2-3-12(11)19)9-13(24)14-15(18)22-6-5-21-14/h2-3,5-6,8H,4,7,9H2,1H3,(H2,20,23)/t17-/m0/s1. The van der Waals surface area contributed by atoms with E-state index in [0.29, 0.717) is 22.7 Å². The number of rotatable bonds is 4. The van der Waals surface area contributed by atoms with Crippen molar-refractivity contribution in [2.45, 2.75) is 25.3 Å². The van der Waals surface area contributed by atoms with E-state index < -0.39 is 5.54 Å². The molecule has 5 nitrogen and oxygen atoms in total. The van der Waals surface area contributed by atoms with Crippen LogP contribution in [0, 0.1) is 5.82 Å². The van der Waals surface area contributed by atoms with Gasteiger partial charge in [0.25, 0.3) is 0 Å². The van der Waals surface area contributed by atoms with Gasteiger partial charge >= 0.3 is 0 Å². The number of carbonyl (C=O) groups is 1. The molecule has 2 heterocycles. The van der Waals surface area contributed by atoms with Crippen molar-refractivity contribution in [2.24, 2.45) is 10.7 Å². The summed E-state index contributed by atoms with van der Waals surface area (Å²) in [5, 5.41) is 0.504. The van der Waals surface area contributed by atoms with E-state index in [0.717, 1.165) is 5.75 Å². The van der Waals surface area contributed by atoms with E-state index in [9.17, 15) is 9.18 Å². The first-order valence-corrected chi connectivity index (χ1v) is 9.02. The number of nitrogens with two attached hydrogens (primary N) is 1. The van der Waals surface area contributed by atoms with Gasteiger partial charge in [-0.1, -0.05) is 29.4 Å². The van der Waals surface area contributed by atoms with Gasteiger partial charge in [0.05, 0.1) is 5.54 Å². The highest BCUT2D eigenvalue weighted by Gasteiger charge is 2.32. The summed E-state index contributed by atoms with van der Waals surface area (Å²) in [4.78, 5) is 24.7. The second-order valence-corrected chi connectivity index (χ2v) is 7.41. The third-order valence-electron chi connectivity index (χ3n) is 4.09. The Kier molecular flexibility index (Phi) is 5.06. The number of hydrogen-bond acceptors (Lipinski definition) is 6. The predicted molar refractivity (Wildman–Crippen MR) is 97.5 cm³/mol. The van der Waals surface area contributed by atoms with Gasteiger partial charge in [0.1, 0.15) is 11.5 Å². The number of halogens is 2. The number of nitrogens with zero attached hydrogens (tertiary/aromatic N) is 3. The van der Waals surface area contributed by atoms with Crippen molar-refractivity contribution in [1.29, 1.82) is 0 Å². The fourth-order valence-electron chi connectivity index (χ4n) is 2.75. The van der Waals surface area contributed by atoms with Crippen LogP contribution in [0.15, 0.2) is 35.6 Å². The van der Waals surface area contributed by atoms with Crippen LogP contribution in [0.5, 0.6) is 0 Å². The molecule has 0 radical (unpaired) electrons. The number of carbonyl (C=O) groups excluding carboxylic acids is 1. The smallest absolute Gasteiger partial charge is 0.188 e. The second-order valence-electron chi connectivity index (χ2n) is 5.93. The van der Waals surface area contributed by atoms with E-state index in [1.54, 1.807) is 12.1 Å². The predicted octanol–water partition coefficient (Wildman–Crippen LogP) is 3.36. The van der Waals surface area contributed by atoms with Gasteiger partial charge < -0.3 is 5.73 Å². The van der Waals surface area contributed by atoms with Gasteiger partial charge in [-0.05, 0) is 31.0 Å². The Bertz CT molecular complexity index is 860. The molecule has 0 spiro atoms. The molecule has 0 bridgehead atoms. The fraction of sp³-hybridized carbons (Fsp3) is 0.294. The zero-order valence-corrected chi connectivity index (χ0v) is 15.1. The van der Waals surface area contributed by atoms with Crippen molar-refractivity contribution in [3.05, 3.63) is 58.4 Å². The number of amidine groups is 1. The molecule has 3 rings (SSSR count). The Balaban J connectivity index is 1.91. The van der Waals surface area contributed by atoms with Crippen LogP contribution < -0.4 is 5.73 Å². The Morgan fingerprint density at radius 3 is 2.88 bits per heavy atom. The summed E-state index contributed by atoms with van der Waals surface area (Å²) in [6.45, 7) is 1.85. The summed E-state index contributed by atoms with van der Waals surface area (Å²) in [5.74, 6) is 0.131. The van der Waals surface area contributed by atoms with Crippen LogP contribution in [-0.4, -0.2) is 26.7 Å². The highest BCUT2D eigenvalue weighted by molar-refractivity contribution is 8.13. The first kappa shape index (κ1) is 17.8. The van der Waals surface area contributed by atoms with Gasteiger partial charge in [-0.3, -0.25) is 9.79 Å². The molecule has 1 aliphatic rings. The van der Waals surface area contributed by atoms with E-state index in [2.05, 4.69) is 15.0 Å². The summed E-state index contributed by atoms with van der Waals surface area (Å²) in [6, 6.07) is 4.61. The maximum atomic E-state index is 14.4.